The predicted octanol–water partition coefficient (Wildman–Crippen LogP) is 13.0. The summed E-state index contributed by atoms with van der Waals surface area (Å²) < 4.78 is 358. The van der Waals surface area contributed by atoms with Gasteiger partial charge in [0.1, 0.15) is 18.9 Å². The van der Waals surface area contributed by atoms with E-state index in [1.165, 1.54) is 14.2 Å². The summed E-state index contributed by atoms with van der Waals surface area (Å²) in [5.41, 5.74) is -26.3. The van der Waals surface area contributed by atoms with E-state index < -0.39 is 104 Å². The molecule has 0 amide bonds. The van der Waals surface area contributed by atoms with Crippen LogP contribution in [0.15, 0.2) is 22.3 Å². The first kappa shape index (κ1) is 60.9. The Balaban J connectivity index is -0.000000227. The van der Waals surface area contributed by atoms with Gasteiger partial charge in [-0.2, -0.15) is 83.7 Å². The summed E-state index contributed by atoms with van der Waals surface area (Å²) in [6.07, 6.45) is -52.2. The smallest absolute Gasteiger partial charge is 0.338 e. The van der Waals surface area contributed by atoms with Gasteiger partial charge in [-0.15, -0.1) is 35.1 Å². The van der Waals surface area contributed by atoms with Gasteiger partial charge in [0.2, 0.25) is 0 Å². The van der Waals surface area contributed by atoms with Gasteiger partial charge in [0.15, 0.2) is 9.03 Å². The lowest BCUT2D eigenvalue weighted by Crippen LogP contribution is -2.66. The Bertz CT molecular complexity index is 1000. The lowest BCUT2D eigenvalue weighted by atomic mass is 9.78. The molecule has 0 radical (unpaired) electrons. The molecule has 0 aliphatic rings. The summed E-state index contributed by atoms with van der Waals surface area (Å²) in [7, 11) is 2.97. The molecule has 0 aromatic heterocycles. The van der Waals surface area contributed by atoms with Crippen LogP contribution in [-0.4, -0.2) is 88.8 Å². The number of allylic oxidation sites excluding steroid dienone is 4. The van der Waals surface area contributed by atoms with Crippen molar-refractivity contribution in [1.29, 1.82) is 0 Å². The van der Waals surface area contributed by atoms with E-state index in [1.807, 2.05) is 0 Å². The molecule has 1 atom stereocenters. The van der Waals surface area contributed by atoms with E-state index in [0.29, 0.717) is 6.92 Å². The summed E-state index contributed by atoms with van der Waals surface area (Å²) in [5.74, 6) is 0. The Morgan fingerprint density at radius 1 is 0.407 bits per heavy atom. The van der Waals surface area contributed by atoms with Gasteiger partial charge < -0.3 is 4.52 Å². The van der Waals surface area contributed by atoms with Gasteiger partial charge >= 0.3 is 61.3 Å². The first-order valence-corrected chi connectivity index (χ1v) is 12.2. The maximum atomic E-state index is 13.7. The van der Waals surface area contributed by atoms with Crippen LogP contribution in [0.3, 0.4) is 0 Å². The van der Waals surface area contributed by atoms with E-state index in [0.717, 1.165) is 0 Å². The Labute approximate surface area is 281 Å². The van der Waals surface area contributed by atoms with E-state index in [9.17, 15) is 132 Å². The summed E-state index contributed by atoms with van der Waals surface area (Å²) in [6.45, 7) is -4.64. The molecular formula is C20H17F30O3P. The normalized spacial score (nSPS) is 13.7. The largest absolute Gasteiger partial charge is 0.559 e. The van der Waals surface area contributed by atoms with Crippen molar-refractivity contribution in [1.82, 2.24) is 0 Å². The molecule has 0 aliphatic carbocycles. The lowest BCUT2D eigenvalue weighted by molar-refractivity contribution is -0.364. The van der Waals surface area contributed by atoms with Crippen LogP contribution in [0.5, 0.6) is 0 Å². The van der Waals surface area contributed by atoms with E-state index in [1.54, 1.807) is 0 Å². The van der Waals surface area contributed by atoms with Crippen LogP contribution in [0.1, 0.15) is 13.8 Å². The Hall–Kier alpha value is -2.31. The van der Waals surface area contributed by atoms with Crippen LogP contribution in [0, 0.1) is 0 Å². The molecular weight excluding hydrogens is 889 g/mol. The number of hydrogen-bond acceptors (Lipinski definition) is 3. The fourth-order valence-electron chi connectivity index (χ4n) is 2.56. The molecule has 54 heavy (non-hydrogen) atoms. The first-order valence-electron chi connectivity index (χ1n) is 11.4. The van der Waals surface area contributed by atoms with Crippen molar-refractivity contribution in [2.24, 2.45) is 0 Å². The maximum absolute atomic E-state index is 13.7. The highest BCUT2D eigenvalue weighted by atomic mass is 31.1. The van der Waals surface area contributed by atoms with Gasteiger partial charge in [0.25, 0.3) is 0 Å². The molecule has 0 heterocycles. The molecule has 0 spiro atoms. The quantitative estimate of drug-likeness (QED) is 0.0636. The average Bonchev–Trinajstić information content (AvgIpc) is 2.86. The van der Waals surface area contributed by atoms with Crippen molar-refractivity contribution in [3.05, 3.63) is 22.3 Å². The standard InChI is InChI=1S/C10H5F15.C6H5F7.C2H7O3P.2CF4/c1-3(2-11)4(5(12,7(14,15)16)8(17,18)19)6(13,9(20,21)22)10(23,24)25;1-3(2-7)4(5(8,9)10)6(11,12)13;1-3-5-6-4-2;2*2-1(3,4)5/h2H2,1H3;2H2,1H3;6H,1-2H3;;. The zero-order valence-corrected chi connectivity index (χ0v) is 26.5. The second-order valence-corrected chi connectivity index (χ2v) is 9.02. The molecule has 0 aliphatic heterocycles. The van der Waals surface area contributed by atoms with Crippen molar-refractivity contribution in [3.63, 3.8) is 0 Å². The minimum Gasteiger partial charge on any atom is -0.338 e. The molecule has 0 saturated heterocycles. The molecule has 330 valence electrons. The average molecular weight is 906 g/mol. The molecule has 1 unspecified atom stereocenters. The molecule has 0 aromatic rings. The highest BCUT2D eigenvalue weighted by Crippen LogP contribution is 2.61. The van der Waals surface area contributed by atoms with Gasteiger partial charge in [0.05, 0.1) is 7.11 Å². The van der Waals surface area contributed by atoms with Gasteiger partial charge in [-0.3, -0.25) is 0 Å². The van der Waals surface area contributed by atoms with Crippen LogP contribution in [-0.2, 0) is 14.1 Å². The first-order chi connectivity index (χ1) is 23.1. The van der Waals surface area contributed by atoms with Gasteiger partial charge in [-0.25, -0.2) is 22.4 Å². The van der Waals surface area contributed by atoms with E-state index in [2.05, 4.69) is 14.1 Å². The minimum absolute atomic E-state index is 0.00733. The number of halogens is 30. The van der Waals surface area contributed by atoms with E-state index in [-0.39, 0.29) is 9.03 Å². The van der Waals surface area contributed by atoms with Gasteiger partial charge in [-0.1, -0.05) is 0 Å². The Morgan fingerprint density at radius 2 is 0.611 bits per heavy atom. The molecule has 0 bridgehead atoms. The second-order valence-electron chi connectivity index (χ2n) is 8.28. The fourth-order valence-corrected chi connectivity index (χ4v) is 2.70. The summed E-state index contributed by atoms with van der Waals surface area (Å²) >= 11 is 0. The number of alkyl halides is 30. The van der Waals surface area contributed by atoms with Crippen LogP contribution < -0.4 is 0 Å². The molecule has 0 fully saturated rings. The summed E-state index contributed by atoms with van der Waals surface area (Å²) in [4.78, 5) is 4.17. The SMILES string of the molecule is CC(CF)=C(C(F)(C(F)(F)F)C(F)(F)F)C(F)(C(F)(F)F)C(F)(F)F.CC(CF)=C(C(F)(F)F)C(F)(F)F.COOPOC.FC(F)(F)F.FC(F)(F)F. The van der Waals surface area contributed by atoms with Crippen LogP contribution >= 0.6 is 9.03 Å². The van der Waals surface area contributed by atoms with Gasteiger partial charge in [0, 0.05) is 12.7 Å². The monoisotopic (exact) mass is 906 g/mol. The molecule has 34 heteroatoms. The Morgan fingerprint density at radius 3 is 0.704 bits per heavy atom. The van der Waals surface area contributed by atoms with E-state index in [4.69, 9.17) is 0 Å². The van der Waals surface area contributed by atoms with Crippen molar-refractivity contribution >= 4 is 9.03 Å². The van der Waals surface area contributed by atoms with Crippen molar-refractivity contribution in [3.8, 4) is 0 Å². The fraction of sp³-hybridized carbons (Fsp3) is 0.800. The van der Waals surface area contributed by atoms with Crippen LogP contribution in [0.4, 0.5) is 132 Å². The highest BCUT2D eigenvalue weighted by Gasteiger charge is 2.86. The third-order valence-electron chi connectivity index (χ3n) is 4.27. The highest BCUT2D eigenvalue weighted by molar-refractivity contribution is 7.26. The lowest BCUT2D eigenvalue weighted by Gasteiger charge is -2.41. The predicted molar refractivity (Wildman–Crippen MR) is 119 cm³/mol. The molecule has 3 nitrogen and oxygen atoms in total. The number of hydrogen-bond donors (Lipinski definition) is 0. The minimum atomic E-state index is -7.52. The summed E-state index contributed by atoms with van der Waals surface area (Å²) in [6, 6.07) is 0. The van der Waals surface area contributed by atoms with Crippen molar-refractivity contribution in [2.45, 2.75) is 75.1 Å². The molecule has 0 rings (SSSR count). The van der Waals surface area contributed by atoms with Crippen molar-refractivity contribution < 1.29 is 146 Å². The third-order valence-corrected chi connectivity index (χ3v) is 4.67. The maximum Gasteiger partial charge on any atom is 0.559 e. The topological polar surface area (TPSA) is 27.7 Å². The summed E-state index contributed by atoms with van der Waals surface area (Å²) in [5, 5.41) is 0. The van der Waals surface area contributed by atoms with Crippen LogP contribution in [0.2, 0.25) is 0 Å². The number of rotatable bonds is 7. The van der Waals surface area contributed by atoms with Gasteiger partial charge in [-0.05, 0) is 25.0 Å². The molecule has 0 N–H and O–H groups in total. The molecule has 0 aromatic carbocycles. The van der Waals surface area contributed by atoms with E-state index >= 15 is 0 Å². The van der Waals surface area contributed by atoms with Crippen molar-refractivity contribution in [2.75, 3.05) is 27.6 Å². The third kappa shape index (κ3) is 22.3. The second kappa shape index (κ2) is 21.8. The zero-order valence-electron chi connectivity index (χ0n) is 25.5. The molecule has 0 saturated carbocycles. The zero-order chi connectivity index (χ0) is 45.6. The Kier molecular flexibility index (Phi) is 24.6. The van der Waals surface area contributed by atoms with Crippen LogP contribution in [0.25, 0.3) is 0 Å².